The highest BCUT2D eigenvalue weighted by atomic mass is 32.2. The van der Waals surface area contributed by atoms with Gasteiger partial charge >= 0.3 is 5.97 Å². The van der Waals surface area contributed by atoms with Crippen LogP contribution < -0.4 is 5.73 Å². The maximum atomic E-state index is 11.0. The Hall–Kier alpha value is -1.00. The van der Waals surface area contributed by atoms with Crippen LogP contribution in [0.1, 0.15) is 23.5 Å². The van der Waals surface area contributed by atoms with E-state index in [1.54, 1.807) is 11.8 Å². The minimum Gasteiger partial charge on any atom is -0.480 e. The number of hydrogen-bond acceptors (Lipinski definition) is 3. The molecule has 1 heterocycles. The van der Waals surface area contributed by atoms with Gasteiger partial charge in [0, 0.05) is 10.8 Å². The van der Waals surface area contributed by atoms with Crippen LogP contribution in [-0.4, -0.2) is 22.9 Å². The zero-order chi connectivity index (χ0) is 11.7. The molecule has 2 atom stereocenters. The standard InChI is InChI=1S/C12H15NO2S/c1-7-3-2-4-9-8(10(13)12(14)15)5-6-16-11(7)9/h2-4,8,10H,5-6,13H2,1H3,(H,14,15). The van der Waals surface area contributed by atoms with Gasteiger partial charge in [0.15, 0.2) is 0 Å². The van der Waals surface area contributed by atoms with Gasteiger partial charge < -0.3 is 10.8 Å². The lowest BCUT2D eigenvalue weighted by Crippen LogP contribution is -2.38. The first-order valence-electron chi connectivity index (χ1n) is 5.32. The van der Waals surface area contributed by atoms with Gasteiger partial charge in [-0.05, 0) is 30.2 Å². The first-order valence-corrected chi connectivity index (χ1v) is 6.30. The summed E-state index contributed by atoms with van der Waals surface area (Å²) in [5.74, 6) is -0.0123. The molecule has 0 saturated carbocycles. The summed E-state index contributed by atoms with van der Waals surface area (Å²) in [6.45, 7) is 2.06. The minimum absolute atomic E-state index is 0.0475. The summed E-state index contributed by atoms with van der Waals surface area (Å²) < 4.78 is 0. The van der Waals surface area contributed by atoms with E-state index in [-0.39, 0.29) is 5.92 Å². The molecule has 0 radical (unpaired) electrons. The maximum Gasteiger partial charge on any atom is 0.321 e. The predicted octanol–water partition coefficient (Wildman–Crippen LogP) is 1.99. The molecule has 0 amide bonds. The van der Waals surface area contributed by atoms with Gasteiger partial charge in [-0.2, -0.15) is 0 Å². The van der Waals surface area contributed by atoms with E-state index in [0.29, 0.717) is 0 Å². The van der Waals surface area contributed by atoms with Crippen molar-refractivity contribution in [2.45, 2.75) is 30.2 Å². The van der Waals surface area contributed by atoms with Crippen LogP contribution in [0.25, 0.3) is 0 Å². The van der Waals surface area contributed by atoms with Crippen LogP contribution in [-0.2, 0) is 4.79 Å². The summed E-state index contributed by atoms with van der Waals surface area (Å²) in [5, 5.41) is 9.00. The van der Waals surface area contributed by atoms with Gasteiger partial charge in [-0.25, -0.2) is 0 Å². The van der Waals surface area contributed by atoms with E-state index in [1.807, 2.05) is 12.1 Å². The molecule has 0 bridgehead atoms. The molecule has 2 rings (SSSR count). The van der Waals surface area contributed by atoms with E-state index in [4.69, 9.17) is 10.8 Å². The second-order valence-electron chi connectivity index (χ2n) is 4.10. The molecular weight excluding hydrogens is 222 g/mol. The van der Waals surface area contributed by atoms with Gasteiger partial charge in [0.25, 0.3) is 0 Å². The topological polar surface area (TPSA) is 63.3 Å². The average Bonchev–Trinajstić information content (AvgIpc) is 2.28. The maximum absolute atomic E-state index is 11.0. The van der Waals surface area contributed by atoms with Crippen molar-refractivity contribution in [3.8, 4) is 0 Å². The number of aliphatic carboxylic acids is 1. The lowest BCUT2D eigenvalue weighted by molar-refractivity contribution is -0.139. The molecule has 3 nitrogen and oxygen atoms in total. The van der Waals surface area contributed by atoms with Crippen molar-refractivity contribution in [3.05, 3.63) is 29.3 Å². The third-order valence-electron chi connectivity index (χ3n) is 3.04. The third kappa shape index (κ3) is 1.95. The summed E-state index contributed by atoms with van der Waals surface area (Å²) in [6, 6.07) is 5.24. The molecule has 1 aliphatic heterocycles. The highest BCUT2D eigenvalue weighted by Crippen LogP contribution is 2.40. The van der Waals surface area contributed by atoms with Crippen molar-refractivity contribution in [2.75, 3.05) is 5.75 Å². The van der Waals surface area contributed by atoms with Crippen molar-refractivity contribution in [1.29, 1.82) is 0 Å². The van der Waals surface area contributed by atoms with Crippen molar-refractivity contribution in [3.63, 3.8) is 0 Å². The minimum atomic E-state index is -0.913. The van der Waals surface area contributed by atoms with E-state index >= 15 is 0 Å². The Bertz CT molecular complexity index is 419. The molecule has 1 aromatic rings. The molecule has 16 heavy (non-hydrogen) atoms. The number of carboxylic acid groups (broad SMARTS) is 1. The molecule has 86 valence electrons. The normalized spacial score (nSPS) is 21.2. The Labute approximate surface area is 99.0 Å². The Morgan fingerprint density at radius 3 is 3.06 bits per heavy atom. The fraction of sp³-hybridized carbons (Fsp3) is 0.417. The molecule has 3 N–H and O–H groups in total. The van der Waals surface area contributed by atoms with Crippen LogP contribution in [0.5, 0.6) is 0 Å². The van der Waals surface area contributed by atoms with Crippen LogP contribution in [0.2, 0.25) is 0 Å². The van der Waals surface area contributed by atoms with Gasteiger partial charge in [0.2, 0.25) is 0 Å². The van der Waals surface area contributed by atoms with Gasteiger partial charge in [0.1, 0.15) is 6.04 Å². The number of hydrogen-bond donors (Lipinski definition) is 2. The first-order chi connectivity index (χ1) is 7.61. The predicted molar refractivity (Wildman–Crippen MR) is 64.9 cm³/mol. The number of nitrogens with two attached hydrogens (primary N) is 1. The van der Waals surface area contributed by atoms with Crippen LogP contribution in [0.3, 0.4) is 0 Å². The Morgan fingerprint density at radius 2 is 2.38 bits per heavy atom. The van der Waals surface area contributed by atoms with Gasteiger partial charge in [-0.15, -0.1) is 11.8 Å². The molecule has 4 heteroatoms. The van der Waals surface area contributed by atoms with Gasteiger partial charge in [-0.1, -0.05) is 18.2 Å². The van der Waals surface area contributed by atoms with Crippen molar-refractivity contribution < 1.29 is 9.90 Å². The van der Waals surface area contributed by atoms with E-state index in [0.717, 1.165) is 17.7 Å². The monoisotopic (exact) mass is 237 g/mol. The molecule has 1 aliphatic rings. The number of benzene rings is 1. The zero-order valence-corrected chi connectivity index (χ0v) is 9.96. The van der Waals surface area contributed by atoms with Gasteiger partial charge in [0.05, 0.1) is 0 Å². The molecule has 0 spiro atoms. The SMILES string of the molecule is Cc1cccc2c1SCCC2C(N)C(=O)O. The molecular formula is C12H15NO2S. The van der Waals surface area contributed by atoms with E-state index < -0.39 is 12.0 Å². The number of thioether (sulfide) groups is 1. The lowest BCUT2D eigenvalue weighted by atomic mass is 9.88. The number of rotatable bonds is 2. The second-order valence-corrected chi connectivity index (χ2v) is 5.21. The Kier molecular flexibility index (Phi) is 3.21. The number of aryl methyl sites for hydroxylation is 1. The van der Waals surface area contributed by atoms with Crippen LogP contribution in [0.4, 0.5) is 0 Å². The van der Waals surface area contributed by atoms with Crippen molar-refractivity contribution >= 4 is 17.7 Å². The number of carboxylic acids is 1. The van der Waals surface area contributed by atoms with Crippen molar-refractivity contribution in [1.82, 2.24) is 0 Å². The largest absolute Gasteiger partial charge is 0.480 e. The first kappa shape index (κ1) is 11.5. The number of carbonyl (C=O) groups is 1. The van der Waals surface area contributed by atoms with Crippen LogP contribution >= 0.6 is 11.8 Å². The lowest BCUT2D eigenvalue weighted by Gasteiger charge is -2.28. The zero-order valence-electron chi connectivity index (χ0n) is 9.14. The van der Waals surface area contributed by atoms with Crippen LogP contribution in [0.15, 0.2) is 23.1 Å². The second kappa shape index (κ2) is 4.47. The van der Waals surface area contributed by atoms with E-state index in [9.17, 15) is 4.79 Å². The number of fused-ring (bicyclic) bond motifs is 1. The summed E-state index contributed by atoms with van der Waals surface area (Å²) in [4.78, 5) is 12.2. The van der Waals surface area contributed by atoms with Gasteiger partial charge in [-0.3, -0.25) is 4.79 Å². The smallest absolute Gasteiger partial charge is 0.321 e. The van der Waals surface area contributed by atoms with Crippen molar-refractivity contribution in [2.24, 2.45) is 5.73 Å². The highest BCUT2D eigenvalue weighted by Gasteiger charge is 2.30. The molecule has 0 aromatic heterocycles. The van der Waals surface area contributed by atoms with E-state index in [1.165, 1.54) is 10.5 Å². The summed E-state index contributed by atoms with van der Waals surface area (Å²) in [6.07, 6.45) is 0.842. The van der Waals surface area contributed by atoms with Crippen LogP contribution in [0, 0.1) is 6.92 Å². The summed E-state index contributed by atoms with van der Waals surface area (Å²) in [7, 11) is 0. The Balaban J connectivity index is 2.40. The summed E-state index contributed by atoms with van der Waals surface area (Å²) >= 11 is 1.80. The fourth-order valence-corrected chi connectivity index (χ4v) is 3.41. The molecule has 0 saturated heterocycles. The summed E-state index contributed by atoms with van der Waals surface area (Å²) in [5.41, 5.74) is 8.06. The molecule has 1 aromatic carbocycles. The molecule has 0 aliphatic carbocycles. The molecule has 0 fully saturated rings. The quantitative estimate of drug-likeness (QED) is 0.825. The average molecular weight is 237 g/mol. The fourth-order valence-electron chi connectivity index (χ4n) is 2.15. The molecule has 2 unspecified atom stereocenters. The Morgan fingerprint density at radius 1 is 1.62 bits per heavy atom. The highest BCUT2D eigenvalue weighted by molar-refractivity contribution is 7.99. The van der Waals surface area contributed by atoms with E-state index in [2.05, 4.69) is 13.0 Å². The third-order valence-corrected chi connectivity index (χ3v) is 4.32.